The minimum atomic E-state index is -0.270. The summed E-state index contributed by atoms with van der Waals surface area (Å²) >= 11 is 6.02. The van der Waals surface area contributed by atoms with Gasteiger partial charge in [0.15, 0.2) is 11.5 Å². The first-order valence-corrected chi connectivity index (χ1v) is 8.26. The minimum Gasteiger partial charge on any atom is -0.463 e. The molecule has 0 bridgehead atoms. The van der Waals surface area contributed by atoms with Crippen LogP contribution in [0.25, 0.3) is 11.5 Å². The highest BCUT2D eigenvalue weighted by Gasteiger charge is 2.42. The van der Waals surface area contributed by atoms with Crippen LogP contribution in [0.15, 0.2) is 47.1 Å². The summed E-state index contributed by atoms with van der Waals surface area (Å²) in [4.78, 5) is 14.6. The van der Waals surface area contributed by atoms with Crippen molar-refractivity contribution in [1.29, 1.82) is 0 Å². The number of methoxy groups -OCH3 is 1. The Balaban J connectivity index is 1.85. The SMILES string of the molecule is COCCN1C(=O)c2n[nH]c(-c3ccco3)c2C1c1ccc(Cl)cc1. The average Bonchev–Trinajstić information content (AvgIpc) is 3.32. The quantitative estimate of drug-likeness (QED) is 0.758. The van der Waals surface area contributed by atoms with Crippen molar-refractivity contribution < 1.29 is 13.9 Å². The summed E-state index contributed by atoms with van der Waals surface area (Å²) in [5.74, 6) is 0.523. The van der Waals surface area contributed by atoms with Crippen LogP contribution in [0, 0.1) is 0 Å². The number of nitrogens with zero attached hydrogens (tertiary/aromatic N) is 2. The van der Waals surface area contributed by atoms with Gasteiger partial charge in [0.05, 0.1) is 18.9 Å². The van der Waals surface area contributed by atoms with E-state index in [9.17, 15) is 4.79 Å². The zero-order valence-corrected chi connectivity index (χ0v) is 14.3. The van der Waals surface area contributed by atoms with Gasteiger partial charge < -0.3 is 14.1 Å². The van der Waals surface area contributed by atoms with E-state index in [1.807, 2.05) is 30.3 Å². The predicted molar refractivity (Wildman–Crippen MR) is 92.5 cm³/mol. The number of furan rings is 1. The third-order valence-electron chi connectivity index (χ3n) is 4.34. The van der Waals surface area contributed by atoms with E-state index >= 15 is 0 Å². The number of H-pyrrole nitrogens is 1. The summed E-state index contributed by atoms with van der Waals surface area (Å²) < 4.78 is 10.7. The lowest BCUT2D eigenvalue weighted by molar-refractivity contribution is 0.0677. The molecule has 1 atom stereocenters. The summed E-state index contributed by atoms with van der Waals surface area (Å²) in [5, 5.41) is 7.84. The van der Waals surface area contributed by atoms with E-state index in [4.69, 9.17) is 20.8 Å². The number of halogens is 1. The number of ether oxygens (including phenoxy) is 1. The van der Waals surface area contributed by atoms with Gasteiger partial charge in [-0.15, -0.1) is 0 Å². The molecule has 0 spiro atoms. The third kappa shape index (κ3) is 2.63. The van der Waals surface area contributed by atoms with Crippen LogP contribution >= 0.6 is 11.6 Å². The number of rotatable bonds is 5. The number of carbonyl (C=O) groups excluding carboxylic acids is 1. The fraction of sp³-hybridized carbons (Fsp3) is 0.222. The monoisotopic (exact) mass is 357 g/mol. The molecule has 1 amide bonds. The Kier molecular flexibility index (Phi) is 4.07. The molecule has 4 rings (SSSR count). The van der Waals surface area contributed by atoms with Crippen molar-refractivity contribution >= 4 is 17.5 Å². The van der Waals surface area contributed by atoms with Crippen LogP contribution in [0.3, 0.4) is 0 Å². The molecule has 2 aromatic heterocycles. The molecular formula is C18H16ClN3O3. The van der Waals surface area contributed by atoms with E-state index in [0.29, 0.717) is 35.3 Å². The van der Waals surface area contributed by atoms with Crippen LogP contribution in [0.2, 0.25) is 5.02 Å². The van der Waals surface area contributed by atoms with Crippen LogP contribution < -0.4 is 0 Å². The number of hydrogen-bond acceptors (Lipinski definition) is 4. The number of carbonyl (C=O) groups is 1. The number of aromatic nitrogens is 2. The van der Waals surface area contributed by atoms with Crippen molar-refractivity contribution in [2.75, 3.05) is 20.3 Å². The molecule has 1 N–H and O–H groups in total. The molecule has 128 valence electrons. The van der Waals surface area contributed by atoms with Crippen LogP contribution in [-0.4, -0.2) is 41.3 Å². The van der Waals surface area contributed by atoms with Gasteiger partial charge in [0, 0.05) is 24.2 Å². The van der Waals surface area contributed by atoms with Crippen molar-refractivity contribution in [2.24, 2.45) is 0 Å². The Labute approximate surface area is 149 Å². The number of benzene rings is 1. The van der Waals surface area contributed by atoms with Gasteiger partial charge in [-0.2, -0.15) is 5.10 Å². The molecule has 1 aliphatic rings. The van der Waals surface area contributed by atoms with Crippen molar-refractivity contribution in [3.63, 3.8) is 0 Å². The molecule has 3 heterocycles. The van der Waals surface area contributed by atoms with Crippen LogP contribution in [0.4, 0.5) is 0 Å². The molecule has 25 heavy (non-hydrogen) atoms. The van der Waals surface area contributed by atoms with E-state index in [0.717, 1.165) is 11.1 Å². The molecule has 0 radical (unpaired) electrons. The lowest BCUT2D eigenvalue weighted by Gasteiger charge is -2.26. The predicted octanol–water partition coefficient (Wildman–Crippen LogP) is 3.51. The van der Waals surface area contributed by atoms with E-state index in [2.05, 4.69) is 10.2 Å². The lowest BCUT2D eigenvalue weighted by atomic mass is 9.98. The third-order valence-corrected chi connectivity index (χ3v) is 4.59. The van der Waals surface area contributed by atoms with Crippen LogP contribution in [0.1, 0.15) is 27.7 Å². The smallest absolute Gasteiger partial charge is 0.275 e. The molecule has 3 aromatic rings. The first-order valence-electron chi connectivity index (χ1n) is 7.88. The minimum absolute atomic E-state index is 0.124. The van der Waals surface area contributed by atoms with Gasteiger partial charge >= 0.3 is 0 Å². The number of fused-ring (bicyclic) bond motifs is 1. The summed E-state index contributed by atoms with van der Waals surface area (Å²) in [7, 11) is 1.62. The van der Waals surface area contributed by atoms with Crippen LogP contribution in [0.5, 0.6) is 0 Å². The molecule has 0 fully saturated rings. The molecule has 0 aliphatic carbocycles. The Hall–Kier alpha value is -2.57. The normalized spacial score (nSPS) is 16.5. The van der Waals surface area contributed by atoms with Crippen molar-refractivity contribution in [1.82, 2.24) is 15.1 Å². The molecule has 6 nitrogen and oxygen atoms in total. The fourth-order valence-electron chi connectivity index (χ4n) is 3.21. The van der Waals surface area contributed by atoms with Gasteiger partial charge in [-0.1, -0.05) is 23.7 Å². The molecule has 1 unspecified atom stereocenters. The maximum absolute atomic E-state index is 12.9. The maximum atomic E-state index is 12.9. The second-order valence-corrected chi connectivity index (χ2v) is 6.22. The van der Waals surface area contributed by atoms with Gasteiger partial charge in [-0.05, 0) is 29.8 Å². The van der Waals surface area contributed by atoms with Crippen molar-refractivity contribution in [3.05, 3.63) is 64.5 Å². The zero-order valence-electron chi connectivity index (χ0n) is 13.5. The summed E-state index contributed by atoms with van der Waals surface area (Å²) in [6, 6.07) is 10.9. The number of hydrogen-bond donors (Lipinski definition) is 1. The Morgan fingerprint density at radius 2 is 2.12 bits per heavy atom. The molecule has 7 heteroatoms. The zero-order chi connectivity index (χ0) is 17.4. The molecule has 1 aromatic carbocycles. The van der Waals surface area contributed by atoms with E-state index in [-0.39, 0.29) is 11.9 Å². The summed E-state index contributed by atoms with van der Waals surface area (Å²) in [6.07, 6.45) is 1.60. The Morgan fingerprint density at radius 3 is 2.80 bits per heavy atom. The Bertz CT molecular complexity index is 887. The van der Waals surface area contributed by atoms with Crippen molar-refractivity contribution in [3.8, 4) is 11.5 Å². The second-order valence-electron chi connectivity index (χ2n) is 5.78. The summed E-state index contributed by atoms with van der Waals surface area (Å²) in [5.41, 5.74) is 2.91. The average molecular weight is 358 g/mol. The number of amides is 1. The van der Waals surface area contributed by atoms with Gasteiger partial charge in [-0.3, -0.25) is 9.89 Å². The van der Waals surface area contributed by atoms with Crippen molar-refractivity contribution in [2.45, 2.75) is 6.04 Å². The number of aromatic amines is 1. The van der Waals surface area contributed by atoms with Gasteiger partial charge in [0.2, 0.25) is 0 Å². The molecule has 1 aliphatic heterocycles. The molecule has 0 saturated heterocycles. The fourth-order valence-corrected chi connectivity index (χ4v) is 3.34. The van der Waals surface area contributed by atoms with Crippen LogP contribution in [-0.2, 0) is 4.74 Å². The van der Waals surface area contributed by atoms with Gasteiger partial charge in [0.1, 0.15) is 5.69 Å². The van der Waals surface area contributed by atoms with E-state index in [1.165, 1.54) is 0 Å². The van der Waals surface area contributed by atoms with E-state index < -0.39 is 0 Å². The highest BCUT2D eigenvalue weighted by molar-refractivity contribution is 6.30. The standard InChI is InChI=1S/C18H16ClN3O3/c1-24-10-8-22-17(11-4-6-12(19)7-5-11)14-15(13-3-2-9-25-13)20-21-16(14)18(22)23/h2-7,9,17H,8,10H2,1H3,(H,20,21). The first-order chi connectivity index (χ1) is 12.2. The maximum Gasteiger partial charge on any atom is 0.275 e. The largest absolute Gasteiger partial charge is 0.463 e. The highest BCUT2D eigenvalue weighted by Crippen LogP contribution is 2.42. The van der Waals surface area contributed by atoms with E-state index in [1.54, 1.807) is 24.3 Å². The van der Waals surface area contributed by atoms with Gasteiger partial charge in [0.25, 0.3) is 5.91 Å². The Morgan fingerprint density at radius 1 is 1.32 bits per heavy atom. The number of nitrogens with one attached hydrogen (secondary N) is 1. The lowest BCUT2D eigenvalue weighted by Crippen LogP contribution is -2.32. The van der Waals surface area contributed by atoms with Gasteiger partial charge in [-0.25, -0.2) is 0 Å². The topological polar surface area (TPSA) is 71.4 Å². The molecule has 0 saturated carbocycles. The first kappa shape index (κ1) is 15.9. The second kappa shape index (κ2) is 6.38. The molecular weight excluding hydrogens is 342 g/mol. The summed E-state index contributed by atoms with van der Waals surface area (Å²) in [6.45, 7) is 0.913. The highest BCUT2D eigenvalue weighted by atomic mass is 35.5.